The lowest BCUT2D eigenvalue weighted by atomic mass is 10.1. The molecule has 0 bridgehead atoms. The molecule has 3 aromatic rings. The summed E-state index contributed by atoms with van der Waals surface area (Å²) in [7, 11) is 0. The standard InChI is InChI=1S/C24H28FN7O2S/c25-20-2-1-17(31-7-11-35(33)12-8-31)13-18(20)21-14-19(23(30-21)24(27)28-15-26)22-3-6-29-32(22)16-4-9-34-10-5-16/h1-3,6,13-16,30H,4-5,7-12H2,(H3,26,27,28). The van der Waals surface area contributed by atoms with Crippen LogP contribution in [0.1, 0.15) is 24.6 Å². The van der Waals surface area contributed by atoms with E-state index in [2.05, 4.69) is 20.0 Å². The molecule has 0 spiro atoms. The van der Waals surface area contributed by atoms with E-state index in [-0.39, 0.29) is 17.7 Å². The number of aromatic amines is 1. The fourth-order valence-corrected chi connectivity index (χ4v) is 5.75. The van der Waals surface area contributed by atoms with Gasteiger partial charge in [0.15, 0.2) is 0 Å². The van der Waals surface area contributed by atoms with Crippen LogP contribution in [0.25, 0.3) is 22.5 Å². The first-order valence-electron chi connectivity index (χ1n) is 11.6. The molecule has 0 amide bonds. The molecule has 2 saturated heterocycles. The fourth-order valence-electron chi connectivity index (χ4n) is 4.70. The second-order valence-corrected chi connectivity index (χ2v) is 10.3. The third kappa shape index (κ3) is 4.84. The zero-order valence-corrected chi connectivity index (χ0v) is 20.1. The Kier molecular flexibility index (Phi) is 6.89. The predicted molar refractivity (Wildman–Crippen MR) is 136 cm³/mol. The van der Waals surface area contributed by atoms with Crippen molar-refractivity contribution < 1.29 is 13.7 Å². The Morgan fingerprint density at radius 2 is 2.00 bits per heavy atom. The number of nitrogens with zero attached hydrogens (tertiary/aromatic N) is 4. The number of benzene rings is 1. The van der Waals surface area contributed by atoms with Crippen LogP contribution in [0.3, 0.4) is 0 Å². The van der Waals surface area contributed by atoms with Gasteiger partial charge in [0.05, 0.1) is 30.5 Å². The monoisotopic (exact) mass is 497 g/mol. The first kappa shape index (κ1) is 23.6. The molecule has 2 aliphatic rings. The Morgan fingerprint density at radius 1 is 1.23 bits per heavy atom. The molecule has 1 aromatic carbocycles. The zero-order valence-electron chi connectivity index (χ0n) is 19.2. The van der Waals surface area contributed by atoms with Crippen molar-refractivity contribution in [1.29, 1.82) is 5.41 Å². The highest BCUT2D eigenvalue weighted by molar-refractivity contribution is 7.91. The van der Waals surface area contributed by atoms with E-state index < -0.39 is 11.2 Å². The number of rotatable bonds is 6. The van der Waals surface area contributed by atoms with Crippen molar-refractivity contribution in [2.45, 2.75) is 18.9 Å². The largest absolute Gasteiger partial charge is 0.616 e. The molecule has 2 aliphatic heterocycles. The van der Waals surface area contributed by atoms with E-state index in [9.17, 15) is 4.55 Å². The molecule has 0 aliphatic carbocycles. The number of aliphatic imine (C=N–C) groups is 1. The average Bonchev–Trinajstić information content (AvgIpc) is 3.53. The van der Waals surface area contributed by atoms with Gasteiger partial charge in [0.25, 0.3) is 0 Å². The molecule has 0 saturated carbocycles. The van der Waals surface area contributed by atoms with Crippen molar-refractivity contribution >= 4 is 29.0 Å². The van der Waals surface area contributed by atoms with Gasteiger partial charge in [-0.15, -0.1) is 0 Å². The highest BCUT2D eigenvalue weighted by Crippen LogP contribution is 2.35. The van der Waals surface area contributed by atoms with Gasteiger partial charge in [-0.3, -0.25) is 10.1 Å². The van der Waals surface area contributed by atoms with Gasteiger partial charge in [0.1, 0.15) is 29.5 Å². The molecule has 184 valence electrons. The average molecular weight is 498 g/mol. The summed E-state index contributed by atoms with van der Waals surface area (Å²) in [6, 6.07) is 8.97. The topological polar surface area (TPSA) is 131 Å². The molecule has 4 N–H and O–H groups in total. The van der Waals surface area contributed by atoms with Crippen LogP contribution >= 0.6 is 0 Å². The van der Waals surface area contributed by atoms with E-state index in [0.29, 0.717) is 54.8 Å². The number of hydrogen-bond acceptors (Lipinski definition) is 5. The van der Waals surface area contributed by atoms with Gasteiger partial charge in [0.2, 0.25) is 0 Å². The Balaban J connectivity index is 1.57. The van der Waals surface area contributed by atoms with E-state index in [4.69, 9.17) is 15.9 Å². The van der Waals surface area contributed by atoms with Crippen LogP contribution < -0.4 is 10.6 Å². The second-order valence-electron chi connectivity index (χ2n) is 8.62. The smallest absolute Gasteiger partial charge is 0.149 e. The van der Waals surface area contributed by atoms with Crippen molar-refractivity contribution in [3.8, 4) is 22.5 Å². The van der Waals surface area contributed by atoms with E-state index >= 15 is 4.39 Å². The first-order chi connectivity index (χ1) is 17.0. The highest BCUT2D eigenvalue weighted by Gasteiger charge is 2.25. The summed E-state index contributed by atoms with van der Waals surface area (Å²) >= 11 is -0.793. The number of amidine groups is 1. The Labute approximate surface area is 205 Å². The number of nitrogens with one attached hydrogen (secondary N) is 2. The highest BCUT2D eigenvalue weighted by atomic mass is 32.2. The molecule has 0 atom stereocenters. The number of hydrogen-bond donors (Lipinski definition) is 3. The lowest BCUT2D eigenvalue weighted by Crippen LogP contribution is -2.40. The van der Waals surface area contributed by atoms with E-state index in [1.54, 1.807) is 12.3 Å². The van der Waals surface area contributed by atoms with Crippen LogP contribution in [0.2, 0.25) is 0 Å². The van der Waals surface area contributed by atoms with Crippen LogP contribution in [0.15, 0.2) is 41.5 Å². The molecular weight excluding hydrogens is 469 g/mol. The fraction of sp³-hybridized carbons (Fsp3) is 0.375. The third-order valence-electron chi connectivity index (χ3n) is 6.54. The summed E-state index contributed by atoms with van der Waals surface area (Å²) in [5.41, 5.74) is 10.1. The Morgan fingerprint density at radius 3 is 2.74 bits per heavy atom. The van der Waals surface area contributed by atoms with Gasteiger partial charge >= 0.3 is 0 Å². The normalized spacial score (nSPS) is 18.2. The minimum atomic E-state index is -0.793. The number of aromatic nitrogens is 3. The maximum Gasteiger partial charge on any atom is 0.149 e. The van der Waals surface area contributed by atoms with Crippen LogP contribution in [-0.2, 0) is 15.9 Å². The van der Waals surface area contributed by atoms with Gasteiger partial charge in [-0.1, -0.05) is 11.2 Å². The SMILES string of the molecule is N=C/N=C(/N)c1[nH]c(-c2cc(N3CC[S+]([O-])CC3)ccc2F)cc1-c1ccnn1C1CCOCC1. The van der Waals surface area contributed by atoms with Gasteiger partial charge < -0.3 is 24.9 Å². The molecule has 0 unspecified atom stereocenters. The molecule has 2 aromatic heterocycles. The van der Waals surface area contributed by atoms with Crippen LogP contribution in [0.5, 0.6) is 0 Å². The number of nitrogens with two attached hydrogens (primary N) is 1. The Hall–Kier alpha value is -3.15. The molecule has 9 nitrogen and oxygen atoms in total. The third-order valence-corrected chi connectivity index (χ3v) is 7.82. The minimum Gasteiger partial charge on any atom is -0.616 e. The molecule has 4 heterocycles. The summed E-state index contributed by atoms with van der Waals surface area (Å²) < 4.78 is 34.3. The zero-order chi connectivity index (χ0) is 24.4. The van der Waals surface area contributed by atoms with Crippen molar-refractivity contribution in [2.75, 3.05) is 42.7 Å². The maximum atomic E-state index is 15.1. The number of anilines is 1. The maximum absolute atomic E-state index is 15.1. The molecular formula is C24H28FN7O2S. The summed E-state index contributed by atoms with van der Waals surface area (Å²) in [6.07, 6.45) is 4.33. The van der Waals surface area contributed by atoms with Crippen LogP contribution in [-0.4, -0.2) is 69.3 Å². The van der Waals surface area contributed by atoms with Gasteiger partial charge in [-0.05, 0) is 43.2 Å². The van der Waals surface area contributed by atoms with Gasteiger partial charge in [-0.2, -0.15) is 5.10 Å². The van der Waals surface area contributed by atoms with E-state index in [1.165, 1.54) is 6.07 Å². The first-order valence-corrected chi connectivity index (χ1v) is 13.1. The van der Waals surface area contributed by atoms with Crippen LogP contribution in [0, 0.1) is 11.2 Å². The van der Waals surface area contributed by atoms with Crippen molar-refractivity contribution in [1.82, 2.24) is 14.8 Å². The molecule has 35 heavy (non-hydrogen) atoms. The lowest BCUT2D eigenvalue weighted by molar-refractivity contribution is 0.0667. The molecule has 0 radical (unpaired) electrons. The van der Waals surface area contributed by atoms with E-state index in [1.807, 2.05) is 22.9 Å². The van der Waals surface area contributed by atoms with E-state index in [0.717, 1.165) is 36.1 Å². The van der Waals surface area contributed by atoms with Gasteiger partial charge in [0, 0.05) is 41.9 Å². The predicted octanol–water partition coefficient (Wildman–Crippen LogP) is 2.92. The molecule has 11 heteroatoms. The van der Waals surface area contributed by atoms with Gasteiger partial charge in [-0.25, -0.2) is 9.38 Å². The summed E-state index contributed by atoms with van der Waals surface area (Å²) in [6.45, 7) is 2.69. The second kappa shape index (κ2) is 10.2. The number of halogens is 1. The quantitative estimate of drug-likeness (QED) is 0.274. The molecule has 5 rings (SSSR count). The summed E-state index contributed by atoms with van der Waals surface area (Å²) in [5, 5.41) is 11.9. The number of H-pyrrole nitrogens is 1. The summed E-state index contributed by atoms with van der Waals surface area (Å²) in [4.78, 5) is 9.33. The minimum absolute atomic E-state index is 0.135. The van der Waals surface area contributed by atoms with Crippen molar-refractivity contribution in [3.63, 3.8) is 0 Å². The van der Waals surface area contributed by atoms with Crippen molar-refractivity contribution in [3.05, 3.63) is 48.0 Å². The number of ether oxygens (including phenoxy) is 1. The van der Waals surface area contributed by atoms with Crippen LogP contribution in [0.4, 0.5) is 10.1 Å². The Bertz CT molecular complexity index is 1230. The summed E-state index contributed by atoms with van der Waals surface area (Å²) in [5.74, 6) is 0.984. The molecule has 2 fully saturated rings. The van der Waals surface area contributed by atoms with Crippen molar-refractivity contribution in [2.24, 2.45) is 10.7 Å². The lowest BCUT2D eigenvalue weighted by Gasteiger charge is -2.30.